The zero-order valence-electron chi connectivity index (χ0n) is 7.79. The van der Waals surface area contributed by atoms with Crippen molar-refractivity contribution in [1.82, 2.24) is 0 Å². The maximum Gasteiger partial charge on any atom is 0.0682 e. The van der Waals surface area contributed by atoms with Crippen molar-refractivity contribution >= 4 is 0 Å². The lowest BCUT2D eigenvalue weighted by molar-refractivity contribution is -0.00670. The van der Waals surface area contributed by atoms with Gasteiger partial charge in [-0.3, -0.25) is 0 Å². The van der Waals surface area contributed by atoms with Crippen molar-refractivity contribution in [2.45, 2.75) is 26.4 Å². The van der Waals surface area contributed by atoms with E-state index < -0.39 is 0 Å². The van der Waals surface area contributed by atoms with Crippen LogP contribution in [0.3, 0.4) is 0 Å². The first-order chi connectivity index (χ1) is 5.04. The van der Waals surface area contributed by atoms with E-state index >= 15 is 0 Å². The van der Waals surface area contributed by atoms with Crippen molar-refractivity contribution in [1.29, 1.82) is 0 Å². The zero-order valence-corrected chi connectivity index (χ0v) is 7.79. The van der Waals surface area contributed by atoms with E-state index in [4.69, 9.17) is 9.84 Å². The summed E-state index contributed by atoms with van der Waals surface area (Å²) in [4.78, 5) is 0. The lowest BCUT2D eigenvalue weighted by atomic mass is 9.92. The fourth-order valence-electron chi connectivity index (χ4n) is 0.683. The second kappa shape index (κ2) is 4.52. The Morgan fingerprint density at radius 2 is 2.09 bits per heavy atom. The van der Waals surface area contributed by atoms with E-state index in [1.807, 2.05) is 19.9 Å². The molecular formula is C9H18O2. The molecule has 0 aromatic carbocycles. The van der Waals surface area contributed by atoms with Crippen molar-refractivity contribution in [3.05, 3.63) is 12.2 Å². The largest absolute Gasteiger partial charge is 0.392 e. The predicted molar refractivity (Wildman–Crippen MR) is 46.5 cm³/mol. The average molecular weight is 158 g/mol. The smallest absolute Gasteiger partial charge is 0.0682 e. The Labute approximate surface area is 68.9 Å². The number of ether oxygens (including phenoxy) is 1. The molecule has 0 amide bonds. The van der Waals surface area contributed by atoms with Crippen molar-refractivity contribution in [2.75, 3.05) is 13.7 Å². The van der Waals surface area contributed by atoms with Gasteiger partial charge in [-0.05, 0) is 13.8 Å². The van der Waals surface area contributed by atoms with Crippen LogP contribution in [0.5, 0.6) is 0 Å². The van der Waals surface area contributed by atoms with Crippen LogP contribution in [0.1, 0.15) is 20.8 Å². The first-order valence-corrected chi connectivity index (χ1v) is 3.87. The Balaban J connectivity index is 4.00. The molecule has 0 rings (SSSR count). The third-order valence-corrected chi connectivity index (χ3v) is 2.15. The van der Waals surface area contributed by atoms with Gasteiger partial charge in [-0.15, -0.1) is 0 Å². The number of aliphatic hydroxyl groups excluding tert-OH is 1. The van der Waals surface area contributed by atoms with Gasteiger partial charge in [0.2, 0.25) is 0 Å². The quantitative estimate of drug-likeness (QED) is 0.630. The van der Waals surface area contributed by atoms with Gasteiger partial charge >= 0.3 is 0 Å². The molecule has 0 heterocycles. The summed E-state index contributed by atoms with van der Waals surface area (Å²) in [6.07, 6.45) is 3.70. The van der Waals surface area contributed by atoms with Crippen molar-refractivity contribution in [2.24, 2.45) is 5.92 Å². The molecule has 0 aliphatic heterocycles. The Bertz CT molecular complexity index is 128. The highest BCUT2D eigenvalue weighted by atomic mass is 16.5. The average Bonchev–Trinajstić information content (AvgIpc) is 2.00. The fourth-order valence-corrected chi connectivity index (χ4v) is 0.683. The minimum Gasteiger partial charge on any atom is -0.392 e. The van der Waals surface area contributed by atoms with E-state index in [2.05, 4.69) is 6.92 Å². The summed E-state index contributed by atoms with van der Waals surface area (Å²) >= 11 is 0. The molecule has 0 aliphatic rings. The van der Waals surface area contributed by atoms with Gasteiger partial charge in [-0.1, -0.05) is 19.1 Å². The van der Waals surface area contributed by atoms with Gasteiger partial charge in [-0.2, -0.15) is 0 Å². The van der Waals surface area contributed by atoms with E-state index in [1.165, 1.54) is 0 Å². The van der Waals surface area contributed by atoms with E-state index in [0.717, 1.165) is 0 Å². The minimum atomic E-state index is -0.147. The summed E-state index contributed by atoms with van der Waals surface area (Å²) < 4.78 is 5.26. The number of aliphatic hydroxyl groups is 1. The van der Waals surface area contributed by atoms with E-state index in [-0.39, 0.29) is 12.2 Å². The molecule has 0 aromatic heterocycles. The topological polar surface area (TPSA) is 29.5 Å². The van der Waals surface area contributed by atoms with Gasteiger partial charge in [0.1, 0.15) is 0 Å². The molecule has 0 saturated carbocycles. The molecule has 2 nitrogen and oxygen atoms in total. The molecule has 0 saturated heterocycles. The van der Waals surface area contributed by atoms with E-state index in [0.29, 0.717) is 5.92 Å². The lowest BCUT2D eigenvalue weighted by Crippen LogP contribution is -2.30. The zero-order chi connectivity index (χ0) is 8.91. The Hall–Kier alpha value is -0.340. The molecule has 11 heavy (non-hydrogen) atoms. The lowest BCUT2D eigenvalue weighted by Gasteiger charge is -2.27. The number of hydrogen-bond donors (Lipinski definition) is 1. The highest BCUT2D eigenvalue weighted by Gasteiger charge is 2.22. The van der Waals surface area contributed by atoms with Crippen LogP contribution in [-0.2, 0) is 4.74 Å². The maximum atomic E-state index is 8.53. The summed E-state index contributed by atoms with van der Waals surface area (Å²) in [6.45, 7) is 6.22. The maximum absolute atomic E-state index is 8.53. The second-order valence-corrected chi connectivity index (χ2v) is 3.21. The van der Waals surface area contributed by atoms with Crippen LogP contribution in [0, 0.1) is 5.92 Å². The summed E-state index contributed by atoms with van der Waals surface area (Å²) in [5.74, 6) is 0.319. The molecule has 0 aromatic rings. The Kier molecular flexibility index (Phi) is 4.38. The van der Waals surface area contributed by atoms with Gasteiger partial charge < -0.3 is 9.84 Å². The highest BCUT2D eigenvalue weighted by molar-refractivity contribution is 4.94. The molecule has 0 spiro atoms. The first kappa shape index (κ1) is 10.7. The van der Waals surface area contributed by atoms with Crippen LogP contribution in [0.4, 0.5) is 0 Å². The molecule has 1 unspecified atom stereocenters. The van der Waals surface area contributed by atoms with Gasteiger partial charge in [0.05, 0.1) is 12.2 Å². The van der Waals surface area contributed by atoms with E-state index in [9.17, 15) is 0 Å². The van der Waals surface area contributed by atoms with Crippen molar-refractivity contribution < 1.29 is 9.84 Å². The summed E-state index contributed by atoms with van der Waals surface area (Å²) in [5.41, 5.74) is -0.147. The second-order valence-electron chi connectivity index (χ2n) is 3.21. The summed E-state index contributed by atoms with van der Waals surface area (Å²) in [7, 11) is 1.70. The molecule has 0 bridgehead atoms. The van der Waals surface area contributed by atoms with Crippen LogP contribution in [0.25, 0.3) is 0 Å². The third kappa shape index (κ3) is 3.54. The van der Waals surface area contributed by atoms with Gasteiger partial charge in [0, 0.05) is 13.0 Å². The molecule has 1 N–H and O–H groups in total. The SMILES string of the molecule is COC(C)(C)C(C)/C=C/CO. The van der Waals surface area contributed by atoms with Crippen LogP contribution in [0.2, 0.25) is 0 Å². The third-order valence-electron chi connectivity index (χ3n) is 2.15. The molecule has 66 valence electrons. The Morgan fingerprint density at radius 3 is 2.45 bits per heavy atom. The molecule has 0 aliphatic carbocycles. The Morgan fingerprint density at radius 1 is 1.55 bits per heavy atom. The summed E-state index contributed by atoms with van der Waals surface area (Å²) in [6, 6.07) is 0. The predicted octanol–water partition coefficient (Wildman–Crippen LogP) is 1.60. The standard InChI is InChI=1S/C9H18O2/c1-8(6-5-7-10)9(2,3)11-4/h5-6,8,10H,7H2,1-4H3/b6-5+. The minimum absolute atomic E-state index is 0.101. The molecule has 0 radical (unpaired) electrons. The van der Waals surface area contributed by atoms with Crippen LogP contribution in [0.15, 0.2) is 12.2 Å². The molecule has 2 heteroatoms. The fraction of sp³-hybridized carbons (Fsp3) is 0.778. The molecule has 1 atom stereocenters. The first-order valence-electron chi connectivity index (χ1n) is 3.87. The normalized spacial score (nSPS) is 15.7. The van der Waals surface area contributed by atoms with Gasteiger partial charge in [0.25, 0.3) is 0 Å². The monoisotopic (exact) mass is 158 g/mol. The van der Waals surface area contributed by atoms with E-state index in [1.54, 1.807) is 13.2 Å². The van der Waals surface area contributed by atoms with Crippen LogP contribution >= 0.6 is 0 Å². The molecule has 0 fully saturated rings. The van der Waals surface area contributed by atoms with Crippen molar-refractivity contribution in [3.63, 3.8) is 0 Å². The van der Waals surface area contributed by atoms with Crippen LogP contribution in [-0.4, -0.2) is 24.4 Å². The van der Waals surface area contributed by atoms with Crippen molar-refractivity contribution in [3.8, 4) is 0 Å². The summed E-state index contributed by atoms with van der Waals surface area (Å²) in [5, 5.41) is 8.53. The number of rotatable bonds is 4. The van der Waals surface area contributed by atoms with Crippen LogP contribution < -0.4 is 0 Å². The highest BCUT2D eigenvalue weighted by Crippen LogP contribution is 2.20. The number of methoxy groups -OCH3 is 1. The molecular weight excluding hydrogens is 140 g/mol. The number of hydrogen-bond acceptors (Lipinski definition) is 2. The van der Waals surface area contributed by atoms with Gasteiger partial charge in [-0.25, -0.2) is 0 Å². The van der Waals surface area contributed by atoms with Gasteiger partial charge in [0.15, 0.2) is 0 Å².